The van der Waals surface area contributed by atoms with Crippen LogP contribution in [0.5, 0.6) is 5.75 Å². The molecule has 1 amide bonds. The van der Waals surface area contributed by atoms with E-state index >= 15 is 0 Å². The first-order valence-electron chi connectivity index (χ1n) is 14.1. The third-order valence-electron chi connectivity index (χ3n) is 7.19. The van der Waals surface area contributed by atoms with Crippen molar-refractivity contribution in [2.24, 2.45) is 0 Å². The molecule has 3 aromatic rings. The van der Waals surface area contributed by atoms with Crippen LogP contribution in [-0.4, -0.2) is 50.0 Å². The number of carbonyl (C=O) groups is 2. The number of halogens is 1. The fourth-order valence-electron chi connectivity index (χ4n) is 5.12. The summed E-state index contributed by atoms with van der Waals surface area (Å²) in [5.74, 6) is -1.43. The van der Waals surface area contributed by atoms with E-state index in [1.54, 1.807) is 12.1 Å². The zero-order valence-corrected chi connectivity index (χ0v) is 23.6. The molecule has 0 aliphatic carbocycles. The maximum atomic E-state index is 14.5. The Hall–Kier alpha value is -3.99. The lowest BCUT2D eigenvalue weighted by molar-refractivity contribution is -0.146. The predicted molar refractivity (Wildman–Crippen MR) is 152 cm³/mol. The van der Waals surface area contributed by atoms with Crippen molar-refractivity contribution < 1.29 is 37.8 Å². The van der Waals surface area contributed by atoms with Gasteiger partial charge in [-0.2, -0.15) is 0 Å². The lowest BCUT2D eigenvalue weighted by atomic mass is 10.0. The number of nitrogens with one attached hydrogen (secondary N) is 1. The van der Waals surface area contributed by atoms with E-state index in [4.69, 9.17) is 23.8 Å². The van der Waals surface area contributed by atoms with E-state index in [0.717, 1.165) is 18.4 Å². The fourth-order valence-corrected chi connectivity index (χ4v) is 5.12. The average molecular weight is 579 g/mol. The summed E-state index contributed by atoms with van der Waals surface area (Å²) in [5, 5.41) is 0. The quantitative estimate of drug-likeness (QED) is 0.160. The molecule has 1 fully saturated rings. The van der Waals surface area contributed by atoms with Gasteiger partial charge in [0.2, 0.25) is 0 Å². The van der Waals surface area contributed by atoms with Crippen LogP contribution in [0.25, 0.3) is 0 Å². The highest BCUT2D eigenvalue weighted by atomic mass is 19.1. The minimum Gasteiger partial charge on any atom is -0.467 e. The molecule has 0 spiro atoms. The largest absolute Gasteiger partial charge is 0.467 e. The summed E-state index contributed by atoms with van der Waals surface area (Å²) in [6.45, 7) is 2.07. The van der Waals surface area contributed by atoms with Gasteiger partial charge in [0.15, 0.2) is 12.3 Å². The van der Waals surface area contributed by atoms with Crippen molar-refractivity contribution in [3.8, 4) is 5.75 Å². The molecule has 2 heterocycles. The number of amides is 1. The second kappa shape index (κ2) is 14.3. The Morgan fingerprint density at radius 1 is 1.10 bits per heavy atom. The topological polar surface area (TPSA) is 95.6 Å². The second-order valence-electron chi connectivity index (χ2n) is 10.1. The Bertz CT molecular complexity index is 1360. The molecule has 2 unspecified atom stereocenters. The average Bonchev–Trinajstić information content (AvgIpc) is 3.35. The van der Waals surface area contributed by atoms with Crippen molar-refractivity contribution in [3.63, 3.8) is 0 Å². The number of fused-ring (bicyclic) bond motifs is 1. The number of rotatable bonds is 13. The summed E-state index contributed by atoms with van der Waals surface area (Å²) in [6, 6.07) is 17.9. The van der Waals surface area contributed by atoms with Crippen molar-refractivity contribution in [2.75, 3.05) is 32.4 Å². The van der Waals surface area contributed by atoms with Gasteiger partial charge in [-0.15, -0.1) is 0 Å². The summed E-state index contributed by atoms with van der Waals surface area (Å²) in [6.07, 6.45) is 2.65. The number of ether oxygens (including phenoxy) is 4. The van der Waals surface area contributed by atoms with Crippen LogP contribution in [0.1, 0.15) is 58.8 Å². The third kappa shape index (κ3) is 7.07. The lowest BCUT2D eigenvalue weighted by Gasteiger charge is -2.29. The van der Waals surface area contributed by atoms with Crippen molar-refractivity contribution in [1.29, 1.82) is 0 Å². The van der Waals surface area contributed by atoms with E-state index in [9.17, 15) is 14.0 Å². The van der Waals surface area contributed by atoms with Gasteiger partial charge in [0, 0.05) is 25.1 Å². The minimum absolute atomic E-state index is 0.118. The van der Waals surface area contributed by atoms with Crippen molar-refractivity contribution in [3.05, 3.63) is 94.8 Å². The zero-order chi connectivity index (χ0) is 29.3. The first-order chi connectivity index (χ1) is 20.5. The molecule has 2 aliphatic rings. The van der Waals surface area contributed by atoms with Crippen molar-refractivity contribution in [1.82, 2.24) is 4.90 Å². The number of anilines is 1. The van der Waals surface area contributed by atoms with Crippen LogP contribution < -0.4 is 10.2 Å². The Morgan fingerprint density at radius 3 is 2.74 bits per heavy atom. The summed E-state index contributed by atoms with van der Waals surface area (Å²) < 4.78 is 37.0. The Kier molecular flexibility index (Phi) is 10.0. The molecule has 3 aromatic carbocycles. The Labute approximate surface area is 244 Å². The number of methoxy groups -OCH3 is 1. The van der Waals surface area contributed by atoms with Gasteiger partial charge in [-0.05, 0) is 54.7 Å². The molecule has 5 rings (SSSR count). The number of esters is 1. The molecular formula is C32H35FN2O7. The van der Waals surface area contributed by atoms with Crippen LogP contribution in [-0.2, 0) is 37.0 Å². The number of carbonyl (C=O) groups excluding carboxylic acids is 2. The second-order valence-corrected chi connectivity index (χ2v) is 10.1. The van der Waals surface area contributed by atoms with Crippen LogP contribution in [0.2, 0.25) is 0 Å². The van der Waals surface area contributed by atoms with Gasteiger partial charge in [-0.3, -0.25) is 15.1 Å². The van der Waals surface area contributed by atoms with Crippen molar-refractivity contribution in [2.45, 2.75) is 51.2 Å². The van der Waals surface area contributed by atoms with Gasteiger partial charge in [-0.1, -0.05) is 42.5 Å². The first kappa shape index (κ1) is 29.5. The Balaban J connectivity index is 1.26. The van der Waals surface area contributed by atoms with Crippen LogP contribution in [0.4, 0.5) is 10.1 Å². The van der Waals surface area contributed by atoms with E-state index < -0.39 is 30.0 Å². The molecule has 1 saturated heterocycles. The summed E-state index contributed by atoms with van der Waals surface area (Å²) in [7, 11) is 1.23. The highest BCUT2D eigenvalue weighted by Gasteiger charge is 2.41. The SMILES string of the molecule is COC(=O)C(c1cc(F)ccc1OC1CCCCO1)N1Cc2cccc(NOCCCOCc3ccccc3)c2C1=O. The van der Waals surface area contributed by atoms with Crippen LogP contribution >= 0.6 is 0 Å². The molecule has 0 bridgehead atoms. The summed E-state index contributed by atoms with van der Waals surface area (Å²) in [5.41, 5.74) is 5.72. The molecule has 1 N–H and O–H groups in total. The fraction of sp³-hybridized carbons (Fsp3) is 0.375. The number of hydrogen-bond donors (Lipinski definition) is 1. The molecule has 2 aliphatic heterocycles. The normalized spacial score (nSPS) is 17.0. The van der Waals surface area contributed by atoms with E-state index in [0.29, 0.717) is 56.1 Å². The van der Waals surface area contributed by atoms with E-state index in [2.05, 4.69) is 5.48 Å². The standard InChI is InChI=1S/C32H35FN2O7/c1-38-32(37)30(25-19-24(33)14-15-27(25)42-28-13-5-6-17-40-28)35-20-23-11-7-12-26(29(23)31(35)36)34-41-18-8-16-39-21-22-9-3-2-4-10-22/h2-4,7,9-12,14-15,19,28,30,34H,5-6,8,13,16-18,20-21H2,1H3. The summed E-state index contributed by atoms with van der Waals surface area (Å²) in [4.78, 5) is 33.9. The highest BCUT2D eigenvalue weighted by molar-refractivity contribution is 6.05. The van der Waals surface area contributed by atoms with Gasteiger partial charge in [0.1, 0.15) is 11.6 Å². The molecule has 222 valence electrons. The van der Waals surface area contributed by atoms with Crippen LogP contribution in [0, 0.1) is 5.82 Å². The molecule has 0 aromatic heterocycles. The van der Waals surface area contributed by atoms with Gasteiger partial charge < -0.3 is 23.8 Å². The molecule has 10 heteroatoms. The van der Waals surface area contributed by atoms with Crippen LogP contribution in [0.3, 0.4) is 0 Å². The van der Waals surface area contributed by atoms with E-state index in [-0.39, 0.29) is 17.9 Å². The molecule has 2 atom stereocenters. The monoisotopic (exact) mass is 578 g/mol. The van der Waals surface area contributed by atoms with Gasteiger partial charge in [-0.25, -0.2) is 9.18 Å². The predicted octanol–water partition coefficient (Wildman–Crippen LogP) is 5.55. The molecular weight excluding hydrogens is 543 g/mol. The minimum atomic E-state index is -1.24. The highest BCUT2D eigenvalue weighted by Crippen LogP contribution is 2.39. The van der Waals surface area contributed by atoms with E-state index in [1.807, 2.05) is 36.4 Å². The lowest BCUT2D eigenvalue weighted by Crippen LogP contribution is -2.36. The number of nitrogens with zero attached hydrogens (tertiary/aromatic N) is 1. The van der Waals surface area contributed by atoms with Gasteiger partial charge >= 0.3 is 5.97 Å². The maximum Gasteiger partial charge on any atom is 0.333 e. The van der Waals surface area contributed by atoms with E-state index in [1.165, 1.54) is 30.2 Å². The molecule has 0 radical (unpaired) electrons. The third-order valence-corrected chi connectivity index (χ3v) is 7.19. The van der Waals surface area contributed by atoms with Crippen LogP contribution in [0.15, 0.2) is 66.7 Å². The maximum absolute atomic E-state index is 14.5. The van der Waals surface area contributed by atoms with Gasteiger partial charge in [0.05, 0.1) is 38.2 Å². The Morgan fingerprint density at radius 2 is 1.95 bits per heavy atom. The summed E-state index contributed by atoms with van der Waals surface area (Å²) >= 11 is 0. The molecule has 42 heavy (non-hydrogen) atoms. The van der Waals surface area contributed by atoms with Crippen molar-refractivity contribution >= 4 is 17.6 Å². The zero-order valence-electron chi connectivity index (χ0n) is 23.6. The number of hydrogen-bond acceptors (Lipinski definition) is 8. The molecule has 0 saturated carbocycles. The van der Waals surface area contributed by atoms with Gasteiger partial charge in [0.25, 0.3) is 5.91 Å². The number of benzene rings is 3. The first-order valence-corrected chi connectivity index (χ1v) is 14.1. The molecule has 9 nitrogen and oxygen atoms in total. The smallest absolute Gasteiger partial charge is 0.333 e.